The zero-order chi connectivity index (χ0) is 11.8. The molecule has 1 aromatic heterocycles. The lowest BCUT2D eigenvalue weighted by molar-refractivity contribution is -0.118. The lowest BCUT2D eigenvalue weighted by Gasteiger charge is -2.03. The fourth-order valence-corrected chi connectivity index (χ4v) is 1.58. The highest BCUT2D eigenvalue weighted by atomic mass is 32.2. The van der Waals surface area contributed by atoms with Crippen LogP contribution in [0.2, 0.25) is 0 Å². The Kier molecular flexibility index (Phi) is 5.35. The standard InChI is InChI=1S/C10H13N3O2S/c11-9(14)6-16-7-10(15)13-5-8-3-1-2-4-12-8/h1-4H,5-7H2,(H2,11,14)(H,13,15). The number of nitrogens with one attached hydrogen (secondary N) is 1. The second kappa shape index (κ2) is 6.84. The van der Waals surface area contributed by atoms with Crippen LogP contribution in [-0.4, -0.2) is 28.3 Å². The summed E-state index contributed by atoms with van der Waals surface area (Å²) in [4.78, 5) is 25.8. The Morgan fingerprint density at radius 1 is 1.38 bits per heavy atom. The Hall–Kier alpha value is -1.56. The van der Waals surface area contributed by atoms with Gasteiger partial charge < -0.3 is 11.1 Å². The molecule has 1 heterocycles. The van der Waals surface area contributed by atoms with E-state index < -0.39 is 5.91 Å². The summed E-state index contributed by atoms with van der Waals surface area (Å²) < 4.78 is 0. The molecule has 0 aliphatic heterocycles. The van der Waals surface area contributed by atoms with E-state index in [9.17, 15) is 9.59 Å². The molecule has 0 spiro atoms. The van der Waals surface area contributed by atoms with Crippen molar-refractivity contribution in [3.63, 3.8) is 0 Å². The van der Waals surface area contributed by atoms with Gasteiger partial charge in [-0.2, -0.15) is 0 Å². The van der Waals surface area contributed by atoms with Crippen LogP contribution in [0.5, 0.6) is 0 Å². The molecule has 0 unspecified atom stereocenters. The van der Waals surface area contributed by atoms with E-state index in [4.69, 9.17) is 5.73 Å². The van der Waals surface area contributed by atoms with Crippen LogP contribution in [0.1, 0.15) is 5.69 Å². The van der Waals surface area contributed by atoms with Crippen molar-refractivity contribution < 1.29 is 9.59 Å². The third-order valence-corrected chi connectivity index (χ3v) is 2.63. The fraction of sp³-hybridized carbons (Fsp3) is 0.300. The Labute approximate surface area is 97.8 Å². The quantitative estimate of drug-likeness (QED) is 0.727. The van der Waals surface area contributed by atoms with E-state index in [1.54, 1.807) is 6.20 Å². The number of nitrogens with two attached hydrogens (primary N) is 1. The van der Waals surface area contributed by atoms with E-state index in [0.29, 0.717) is 6.54 Å². The summed E-state index contributed by atoms with van der Waals surface area (Å²) >= 11 is 1.20. The summed E-state index contributed by atoms with van der Waals surface area (Å²) in [5.41, 5.74) is 5.74. The molecule has 0 aromatic carbocycles. The Bertz CT molecular complexity index is 356. The molecule has 2 amide bonds. The summed E-state index contributed by atoms with van der Waals surface area (Å²) in [6.07, 6.45) is 1.67. The normalized spacial score (nSPS) is 9.75. The third-order valence-electron chi connectivity index (χ3n) is 1.67. The maximum atomic E-state index is 11.3. The average molecular weight is 239 g/mol. The third kappa shape index (κ3) is 5.35. The molecule has 1 aromatic rings. The van der Waals surface area contributed by atoms with Gasteiger partial charge in [0, 0.05) is 6.20 Å². The van der Waals surface area contributed by atoms with E-state index in [0.717, 1.165) is 5.69 Å². The fourth-order valence-electron chi connectivity index (χ4n) is 0.987. The Balaban J connectivity index is 2.18. The van der Waals surface area contributed by atoms with Crippen LogP contribution in [-0.2, 0) is 16.1 Å². The highest BCUT2D eigenvalue weighted by molar-refractivity contribution is 8.00. The van der Waals surface area contributed by atoms with Gasteiger partial charge in [0.25, 0.3) is 0 Å². The Morgan fingerprint density at radius 2 is 2.19 bits per heavy atom. The molecular weight excluding hydrogens is 226 g/mol. The molecule has 0 saturated carbocycles. The van der Waals surface area contributed by atoms with Crippen LogP contribution in [0.3, 0.4) is 0 Å². The number of nitrogens with zero attached hydrogens (tertiary/aromatic N) is 1. The molecule has 0 bridgehead atoms. The SMILES string of the molecule is NC(=O)CSCC(=O)NCc1ccccn1. The number of aromatic nitrogens is 1. The predicted molar refractivity (Wildman–Crippen MR) is 62.6 cm³/mol. The van der Waals surface area contributed by atoms with Crippen LogP contribution in [0.4, 0.5) is 0 Å². The zero-order valence-electron chi connectivity index (χ0n) is 8.68. The van der Waals surface area contributed by atoms with Crippen molar-refractivity contribution in [1.82, 2.24) is 10.3 Å². The molecule has 0 fully saturated rings. The van der Waals surface area contributed by atoms with Crippen LogP contribution < -0.4 is 11.1 Å². The van der Waals surface area contributed by atoms with Crippen LogP contribution >= 0.6 is 11.8 Å². The maximum absolute atomic E-state index is 11.3. The molecule has 0 saturated heterocycles. The highest BCUT2D eigenvalue weighted by Gasteiger charge is 2.03. The first kappa shape index (κ1) is 12.5. The molecule has 5 nitrogen and oxygen atoms in total. The van der Waals surface area contributed by atoms with Gasteiger partial charge in [-0.05, 0) is 12.1 Å². The summed E-state index contributed by atoms with van der Waals surface area (Å²) in [5.74, 6) is -0.147. The lowest BCUT2D eigenvalue weighted by Crippen LogP contribution is -2.26. The summed E-state index contributed by atoms with van der Waals surface area (Å²) in [5, 5.41) is 2.70. The number of thioether (sulfide) groups is 1. The summed E-state index contributed by atoms with van der Waals surface area (Å²) in [6, 6.07) is 5.50. The van der Waals surface area contributed by atoms with Crippen molar-refractivity contribution in [2.75, 3.05) is 11.5 Å². The van der Waals surface area contributed by atoms with Gasteiger partial charge in [-0.25, -0.2) is 0 Å². The number of hydrogen-bond donors (Lipinski definition) is 2. The maximum Gasteiger partial charge on any atom is 0.230 e. The number of pyridine rings is 1. The van der Waals surface area contributed by atoms with Gasteiger partial charge >= 0.3 is 0 Å². The minimum Gasteiger partial charge on any atom is -0.369 e. The first-order valence-corrected chi connectivity index (χ1v) is 5.86. The first-order chi connectivity index (χ1) is 7.68. The van der Waals surface area contributed by atoms with Crippen LogP contribution in [0.15, 0.2) is 24.4 Å². The van der Waals surface area contributed by atoms with Gasteiger partial charge in [0.05, 0.1) is 23.7 Å². The number of carbonyl (C=O) groups excluding carboxylic acids is 2. The van der Waals surface area contributed by atoms with Gasteiger partial charge in [0.2, 0.25) is 11.8 Å². The summed E-state index contributed by atoms with van der Waals surface area (Å²) in [7, 11) is 0. The van der Waals surface area contributed by atoms with Crippen LogP contribution in [0.25, 0.3) is 0 Å². The molecule has 0 aliphatic rings. The van der Waals surface area contributed by atoms with Gasteiger partial charge in [-0.1, -0.05) is 6.07 Å². The van der Waals surface area contributed by atoms with E-state index >= 15 is 0 Å². The number of amides is 2. The summed E-state index contributed by atoms with van der Waals surface area (Å²) in [6.45, 7) is 0.400. The van der Waals surface area contributed by atoms with Gasteiger partial charge in [-0.3, -0.25) is 14.6 Å². The molecule has 3 N–H and O–H groups in total. The number of carbonyl (C=O) groups is 2. The lowest BCUT2D eigenvalue weighted by atomic mass is 10.3. The second-order valence-electron chi connectivity index (χ2n) is 3.06. The molecule has 0 atom stereocenters. The van der Waals surface area contributed by atoms with Gasteiger partial charge in [0.1, 0.15) is 0 Å². The van der Waals surface area contributed by atoms with Crippen molar-refractivity contribution in [1.29, 1.82) is 0 Å². The highest BCUT2D eigenvalue weighted by Crippen LogP contribution is 1.98. The smallest absolute Gasteiger partial charge is 0.230 e. The topological polar surface area (TPSA) is 85.1 Å². The van der Waals surface area contributed by atoms with E-state index in [-0.39, 0.29) is 17.4 Å². The number of rotatable bonds is 6. The second-order valence-corrected chi connectivity index (χ2v) is 4.04. The zero-order valence-corrected chi connectivity index (χ0v) is 9.50. The molecule has 6 heteroatoms. The monoisotopic (exact) mass is 239 g/mol. The van der Waals surface area contributed by atoms with Crippen LogP contribution in [0, 0.1) is 0 Å². The number of primary amides is 1. The van der Waals surface area contributed by atoms with Gasteiger partial charge in [-0.15, -0.1) is 11.8 Å². The minimum absolute atomic E-state index is 0.128. The first-order valence-electron chi connectivity index (χ1n) is 4.71. The number of hydrogen-bond acceptors (Lipinski definition) is 4. The van der Waals surface area contributed by atoms with Crippen molar-refractivity contribution in [3.05, 3.63) is 30.1 Å². The van der Waals surface area contributed by atoms with E-state index in [2.05, 4.69) is 10.3 Å². The molecule has 16 heavy (non-hydrogen) atoms. The molecule has 0 aliphatic carbocycles. The molecule has 86 valence electrons. The Morgan fingerprint density at radius 3 is 2.81 bits per heavy atom. The van der Waals surface area contributed by atoms with E-state index in [1.807, 2.05) is 18.2 Å². The van der Waals surface area contributed by atoms with E-state index in [1.165, 1.54) is 11.8 Å². The minimum atomic E-state index is -0.414. The largest absolute Gasteiger partial charge is 0.369 e. The van der Waals surface area contributed by atoms with Gasteiger partial charge in [0.15, 0.2) is 0 Å². The van der Waals surface area contributed by atoms with Crippen molar-refractivity contribution >= 4 is 23.6 Å². The van der Waals surface area contributed by atoms with Crippen molar-refractivity contribution in [3.8, 4) is 0 Å². The molecule has 1 rings (SSSR count). The average Bonchev–Trinajstić information content (AvgIpc) is 2.27. The van der Waals surface area contributed by atoms with Crippen molar-refractivity contribution in [2.45, 2.75) is 6.54 Å². The predicted octanol–water partition coefficient (Wildman–Crippen LogP) is -0.0837. The molecule has 0 radical (unpaired) electrons. The van der Waals surface area contributed by atoms with Crippen molar-refractivity contribution in [2.24, 2.45) is 5.73 Å². The molecular formula is C10H13N3O2S.